The number of nitrogens with zero attached hydrogens (tertiary/aromatic N) is 2. The van der Waals surface area contributed by atoms with Crippen LogP contribution in [-0.4, -0.2) is 27.8 Å². The van der Waals surface area contributed by atoms with Gasteiger partial charge in [-0.25, -0.2) is 4.68 Å². The first-order valence-corrected chi connectivity index (χ1v) is 13.9. The van der Waals surface area contributed by atoms with Gasteiger partial charge < -0.3 is 16.4 Å². The smallest absolute Gasteiger partial charge is 0.365 e. The van der Waals surface area contributed by atoms with E-state index in [1.807, 2.05) is 0 Å². The monoisotopic (exact) mass is 579 g/mol. The predicted octanol–water partition coefficient (Wildman–Crippen LogP) is 6.76. The van der Waals surface area contributed by atoms with Crippen molar-refractivity contribution >= 4 is 45.6 Å². The van der Waals surface area contributed by atoms with Crippen LogP contribution in [0.15, 0.2) is 30.3 Å². The SMILES string of the molecule is CC(C)(C)C1CCc2c(sc(NC(=O)c3nn4c(c3Cl)NC(c3ccccc3)CC4C(F)(F)F)c2C(N)=O)C1. The fraction of sp³-hybridized carbons (Fsp3) is 0.444. The number of alkyl halides is 3. The molecule has 0 saturated heterocycles. The minimum Gasteiger partial charge on any atom is -0.365 e. The van der Waals surface area contributed by atoms with Gasteiger partial charge >= 0.3 is 6.18 Å². The Labute approximate surface area is 232 Å². The minimum absolute atomic E-state index is 0.0701. The fourth-order valence-electron chi connectivity index (χ4n) is 5.47. The van der Waals surface area contributed by atoms with Crippen molar-refractivity contribution in [2.75, 3.05) is 10.6 Å². The van der Waals surface area contributed by atoms with Gasteiger partial charge in [0, 0.05) is 11.3 Å². The van der Waals surface area contributed by atoms with Crippen LogP contribution in [0.3, 0.4) is 0 Å². The zero-order valence-corrected chi connectivity index (χ0v) is 23.2. The maximum Gasteiger partial charge on any atom is 0.410 e. The first-order valence-electron chi connectivity index (χ1n) is 12.7. The lowest BCUT2D eigenvalue weighted by Gasteiger charge is -2.33. The highest BCUT2D eigenvalue weighted by molar-refractivity contribution is 7.17. The molecule has 3 atom stereocenters. The first kappa shape index (κ1) is 27.5. The Morgan fingerprint density at radius 2 is 1.90 bits per heavy atom. The van der Waals surface area contributed by atoms with Gasteiger partial charge in [0.05, 0.1) is 11.6 Å². The lowest BCUT2D eigenvalue weighted by atomic mass is 9.72. The van der Waals surface area contributed by atoms with Crippen molar-refractivity contribution < 1.29 is 22.8 Å². The van der Waals surface area contributed by atoms with Gasteiger partial charge in [-0.1, -0.05) is 62.7 Å². The number of carbonyl (C=O) groups excluding carboxylic acids is 2. The Hall–Kier alpha value is -3.05. The van der Waals surface area contributed by atoms with E-state index in [-0.39, 0.29) is 38.9 Å². The van der Waals surface area contributed by atoms with Crippen LogP contribution >= 0.6 is 22.9 Å². The van der Waals surface area contributed by atoms with E-state index in [9.17, 15) is 22.8 Å². The van der Waals surface area contributed by atoms with Gasteiger partial charge in [0.25, 0.3) is 11.8 Å². The number of nitrogens with two attached hydrogens (primary N) is 1. The van der Waals surface area contributed by atoms with Crippen molar-refractivity contribution in [2.24, 2.45) is 17.1 Å². The van der Waals surface area contributed by atoms with Crippen LogP contribution in [0, 0.1) is 11.3 Å². The van der Waals surface area contributed by atoms with Gasteiger partial charge in [-0.05, 0) is 41.7 Å². The van der Waals surface area contributed by atoms with Gasteiger partial charge in [0.1, 0.15) is 15.8 Å². The zero-order chi connectivity index (χ0) is 28.3. The van der Waals surface area contributed by atoms with Crippen LogP contribution in [0.1, 0.15) is 82.5 Å². The topological polar surface area (TPSA) is 102 Å². The summed E-state index contributed by atoms with van der Waals surface area (Å²) in [5.41, 5.74) is 7.13. The summed E-state index contributed by atoms with van der Waals surface area (Å²) in [5, 5.41) is 9.74. The van der Waals surface area contributed by atoms with Crippen molar-refractivity contribution in [3.8, 4) is 0 Å². The molecule has 0 spiro atoms. The zero-order valence-electron chi connectivity index (χ0n) is 21.7. The summed E-state index contributed by atoms with van der Waals surface area (Å²) in [6.07, 6.45) is -2.66. The van der Waals surface area contributed by atoms with E-state index in [1.165, 1.54) is 11.3 Å². The summed E-state index contributed by atoms with van der Waals surface area (Å²) in [4.78, 5) is 26.7. The number of hydrogen-bond acceptors (Lipinski definition) is 5. The van der Waals surface area contributed by atoms with Crippen LogP contribution in [0.4, 0.5) is 24.0 Å². The van der Waals surface area contributed by atoms with E-state index in [0.29, 0.717) is 17.9 Å². The molecule has 39 heavy (non-hydrogen) atoms. The molecule has 2 aliphatic rings. The van der Waals surface area contributed by atoms with Crippen molar-refractivity contribution in [3.05, 3.63) is 62.6 Å². The second-order valence-electron chi connectivity index (χ2n) is 11.2. The first-order chi connectivity index (χ1) is 18.3. The van der Waals surface area contributed by atoms with Crippen LogP contribution in [0.2, 0.25) is 5.02 Å². The third-order valence-corrected chi connectivity index (χ3v) is 9.20. The molecule has 0 saturated carbocycles. The van der Waals surface area contributed by atoms with Gasteiger partial charge in [-0.3, -0.25) is 9.59 Å². The normalized spacial score (nSPS) is 21.1. The molecule has 1 aliphatic carbocycles. The molecule has 12 heteroatoms. The molecule has 1 aliphatic heterocycles. The number of benzene rings is 1. The van der Waals surface area contributed by atoms with E-state index in [1.54, 1.807) is 30.3 Å². The fourth-order valence-corrected chi connectivity index (χ4v) is 7.07. The Kier molecular flexibility index (Phi) is 6.95. The van der Waals surface area contributed by atoms with Crippen molar-refractivity contribution in [1.82, 2.24) is 9.78 Å². The van der Waals surface area contributed by atoms with E-state index in [4.69, 9.17) is 17.3 Å². The van der Waals surface area contributed by atoms with Crippen LogP contribution < -0.4 is 16.4 Å². The summed E-state index contributed by atoms with van der Waals surface area (Å²) >= 11 is 7.75. The molecule has 3 unspecified atom stereocenters. The molecular weight excluding hydrogens is 551 g/mol. The average molecular weight is 580 g/mol. The van der Waals surface area contributed by atoms with Gasteiger partial charge in [0.15, 0.2) is 11.7 Å². The molecule has 1 aromatic carbocycles. The summed E-state index contributed by atoms with van der Waals surface area (Å²) in [5.74, 6) is -1.17. The van der Waals surface area contributed by atoms with Crippen molar-refractivity contribution in [3.63, 3.8) is 0 Å². The number of anilines is 2. The number of fused-ring (bicyclic) bond motifs is 2. The maximum absolute atomic E-state index is 14.1. The number of nitrogens with one attached hydrogen (secondary N) is 2. The summed E-state index contributed by atoms with van der Waals surface area (Å²) in [6.45, 7) is 6.50. The van der Waals surface area contributed by atoms with E-state index >= 15 is 0 Å². The summed E-state index contributed by atoms with van der Waals surface area (Å²) in [6, 6.07) is 6.05. The quantitative estimate of drug-likeness (QED) is 0.318. The Morgan fingerprint density at radius 1 is 1.21 bits per heavy atom. The van der Waals surface area contributed by atoms with Crippen molar-refractivity contribution in [1.29, 1.82) is 0 Å². The number of thiophene rings is 1. The highest BCUT2D eigenvalue weighted by atomic mass is 35.5. The Bertz CT molecular complexity index is 1430. The standard InChI is InChI=1S/C27H29ClF3N5O2S/c1-26(2,3)14-9-10-15-17(11-14)39-25(19(15)22(32)37)34-24(38)21-20(28)23-33-16(13-7-5-4-6-8-13)12-18(27(29,30)31)36(23)35-21/h4-8,14,16,18,33H,9-12H2,1-3H3,(H2,32,37)(H,34,38). The molecule has 0 fully saturated rings. The number of amides is 2. The molecule has 5 rings (SSSR count). The highest BCUT2D eigenvalue weighted by Gasteiger charge is 2.48. The van der Waals surface area contributed by atoms with Crippen LogP contribution in [0.25, 0.3) is 0 Å². The average Bonchev–Trinajstić information content (AvgIpc) is 3.39. The van der Waals surface area contributed by atoms with Crippen LogP contribution in [0.5, 0.6) is 0 Å². The largest absolute Gasteiger partial charge is 0.410 e. The number of rotatable bonds is 4. The van der Waals surface area contributed by atoms with Gasteiger partial charge in [0.2, 0.25) is 0 Å². The predicted molar refractivity (Wildman–Crippen MR) is 146 cm³/mol. The Morgan fingerprint density at radius 3 is 2.51 bits per heavy atom. The van der Waals surface area contributed by atoms with E-state index < -0.39 is 30.1 Å². The highest BCUT2D eigenvalue weighted by Crippen LogP contribution is 2.47. The molecule has 2 amide bonds. The molecule has 0 radical (unpaired) electrons. The Balaban J connectivity index is 1.48. The number of carbonyl (C=O) groups is 2. The van der Waals surface area contributed by atoms with Crippen molar-refractivity contribution in [2.45, 2.75) is 64.7 Å². The maximum atomic E-state index is 14.1. The molecule has 0 bridgehead atoms. The third-order valence-electron chi connectivity index (χ3n) is 7.68. The van der Waals surface area contributed by atoms with E-state index in [2.05, 4.69) is 36.5 Å². The summed E-state index contributed by atoms with van der Waals surface area (Å²) < 4.78 is 43.0. The van der Waals surface area contributed by atoms with E-state index in [0.717, 1.165) is 28.0 Å². The lowest BCUT2D eigenvalue weighted by Crippen LogP contribution is -2.35. The molecule has 7 nitrogen and oxygen atoms in total. The third kappa shape index (κ3) is 5.14. The number of primary amides is 1. The van der Waals surface area contributed by atoms with Crippen LogP contribution in [-0.2, 0) is 12.8 Å². The van der Waals surface area contributed by atoms with Gasteiger partial charge in [-0.15, -0.1) is 11.3 Å². The molecule has 4 N–H and O–H groups in total. The lowest BCUT2D eigenvalue weighted by molar-refractivity contribution is -0.173. The molecule has 3 aromatic rings. The number of aromatic nitrogens is 2. The van der Waals surface area contributed by atoms with Gasteiger partial charge in [-0.2, -0.15) is 18.3 Å². The second-order valence-corrected chi connectivity index (χ2v) is 12.7. The number of halogens is 4. The number of hydrogen-bond donors (Lipinski definition) is 3. The second kappa shape index (κ2) is 9.85. The molecular formula is C27H29ClF3N5O2S. The summed E-state index contributed by atoms with van der Waals surface area (Å²) in [7, 11) is 0. The minimum atomic E-state index is -4.62. The molecule has 208 valence electrons. The molecule has 2 aromatic heterocycles. The molecule has 3 heterocycles.